The smallest absolute Gasteiger partial charge is 0.336 e. The van der Waals surface area contributed by atoms with Gasteiger partial charge in [-0.3, -0.25) is 4.90 Å². The van der Waals surface area contributed by atoms with Gasteiger partial charge in [-0.1, -0.05) is 48.5 Å². The molecule has 0 atom stereocenters. The highest BCUT2D eigenvalue weighted by molar-refractivity contribution is 7.09. The maximum Gasteiger partial charge on any atom is 0.336 e. The fourth-order valence-corrected chi connectivity index (χ4v) is 3.30. The Kier molecular flexibility index (Phi) is 5.36. The van der Waals surface area contributed by atoms with E-state index in [-0.39, 0.29) is 0 Å². The van der Waals surface area contributed by atoms with Crippen molar-refractivity contribution in [2.75, 3.05) is 0 Å². The molecule has 1 N–H and O–H groups in total. The van der Waals surface area contributed by atoms with Crippen LogP contribution >= 0.6 is 11.3 Å². The average Bonchev–Trinajstić information content (AvgIpc) is 3.09. The number of nitrogens with zero attached hydrogens (tertiary/aromatic N) is 2. The number of aromatic carboxylic acids is 1. The summed E-state index contributed by atoms with van der Waals surface area (Å²) in [7, 11) is 0. The van der Waals surface area contributed by atoms with Crippen LogP contribution in [0.5, 0.6) is 0 Å². The molecule has 1 aromatic heterocycles. The van der Waals surface area contributed by atoms with Gasteiger partial charge in [0.05, 0.1) is 12.1 Å². The molecule has 0 aliphatic carbocycles. The predicted molar refractivity (Wildman–Crippen MR) is 94.9 cm³/mol. The van der Waals surface area contributed by atoms with Crippen molar-refractivity contribution in [1.29, 1.82) is 0 Å². The van der Waals surface area contributed by atoms with Crippen LogP contribution in [-0.2, 0) is 19.6 Å². The second-order valence-electron chi connectivity index (χ2n) is 5.52. The minimum absolute atomic E-state index is 0.356. The van der Waals surface area contributed by atoms with Crippen molar-refractivity contribution in [3.8, 4) is 0 Å². The van der Waals surface area contributed by atoms with Crippen LogP contribution in [-0.4, -0.2) is 21.0 Å². The molecule has 4 nitrogen and oxygen atoms in total. The zero-order valence-corrected chi connectivity index (χ0v) is 13.9. The van der Waals surface area contributed by atoms with Gasteiger partial charge < -0.3 is 5.11 Å². The number of carbonyl (C=O) groups is 1. The Morgan fingerprint density at radius 3 is 2.46 bits per heavy atom. The van der Waals surface area contributed by atoms with E-state index < -0.39 is 5.97 Å². The van der Waals surface area contributed by atoms with Crippen LogP contribution in [0, 0.1) is 0 Å². The van der Waals surface area contributed by atoms with E-state index in [1.807, 2.05) is 35.7 Å². The van der Waals surface area contributed by atoms with Crippen molar-refractivity contribution in [2.24, 2.45) is 0 Å². The molecule has 0 aliphatic rings. The zero-order chi connectivity index (χ0) is 16.8. The highest BCUT2D eigenvalue weighted by Gasteiger charge is 2.14. The number of thiazole rings is 1. The van der Waals surface area contributed by atoms with Gasteiger partial charge in [-0.2, -0.15) is 0 Å². The Labute approximate surface area is 145 Å². The quantitative estimate of drug-likeness (QED) is 0.706. The van der Waals surface area contributed by atoms with Gasteiger partial charge in [0.15, 0.2) is 0 Å². The van der Waals surface area contributed by atoms with Gasteiger partial charge in [-0.05, 0) is 17.2 Å². The first-order valence-electron chi connectivity index (χ1n) is 7.68. The molecule has 5 heteroatoms. The molecule has 0 aliphatic heterocycles. The minimum atomic E-state index is -0.889. The summed E-state index contributed by atoms with van der Waals surface area (Å²) in [6, 6.07) is 17.4. The molecule has 0 unspecified atom stereocenters. The molecule has 2 aromatic carbocycles. The van der Waals surface area contributed by atoms with Crippen molar-refractivity contribution in [2.45, 2.75) is 19.6 Å². The van der Waals surface area contributed by atoms with Gasteiger partial charge >= 0.3 is 5.97 Å². The summed E-state index contributed by atoms with van der Waals surface area (Å²) in [6.07, 6.45) is 1.80. The summed E-state index contributed by atoms with van der Waals surface area (Å²) in [5.74, 6) is -0.889. The lowest BCUT2D eigenvalue weighted by atomic mass is 10.1. The first-order valence-corrected chi connectivity index (χ1v) is 8.56. The lowest BCUT2D eigenvalue weighted by molar-refractivity contribution is 0.0694. The average molecular weight is 338 g/mol. The Hall–Kier alpha value is -2.50. The number of carboxylic acid groups (broad SMARTS) is 1. The third kappa shape index (κ3) is 4.28. The van der Waals surface area contributed by atoms with Crippen LogP contribution < -0.4 is 0 Å². The van der Waals surface area contributed by atoms with E-state index in [4.69, 9.17) is 0 Å². The van der Waals surface area contributed by atoms with Crippen molar-refractivity contribution in [1.82, 2.24) is 9.88 Å². The second kappa shape index (κ2) is 7.86. The molecule has 0 saturated carbocycles. The first-order chi connectivity index (χ1) is 11.7. The number of rotatable bonds is 7. The summed E-state index contributed by atoms with van der Waals surface area (Å²) in [5.41, 5.74) is 2.37. The van der Waals surface area contributed by atoms with Crippen LogP contribution in [0.25, 0.3) is 0 Å². The molecule has 0 radical (unpaired) electrons. The highest BCUT2D eigenvalue weighted by Crippen LogP contribution is 2.18. The zero-order valence-electron chi connectivity index (χ0n) is 13.1. The number of benzene rings is 2. The molecule has 0 saturated heterocycles. The van der Waals surface area contributed by atoms with Gasteiger partial charge in [-0.15, -0.1) is 11.3 Å². The Morgan fingerprint density at radius 1 is 1.00 bits per heavy atom. The third-order valence-electron chi connectivity index (χ3n) is 3.73. The normalized spacial score (nSPS) is 10.9. The lowest BCUT2D eigenvalue weighted by Crippen LogP contribution is -2.23. The molecule has 24 heavy (non-hydrogen) atoms. The Bertz CT molecular complexity index is 788. The molecule has 0 fully saturated rings. The fraction of sp³-hybridized carbons (Fsp3) is 0.158. The monoisotopic (exact) mass is 338 g/mol. The van der Waals surface area contributed by atoms with Gasteiger partial charge in [0.2, 0.25) is 0 Å². The molecule has 3 aromatic rings. The third-order valence-corrected chi connectivity index (χ3v) is 4.50. The highest BCUT2D eigenvalue weighted by atomic mass is 32.1. The van der Waals surface area contributed by atoms with Gasteiger partial charge in [0.25, 0.3) is 0 Å². The van der Waals surface area contributed by atoms with E-state index in [0.717, 1.165) is 17.1 Å². The van der Waals surface area contributed by atoms with Gasteiger partial charge in [0, 0.05) is 24.7 Å². The number of hydrogen-bond acceptors (Lipinski definition) is 4. The molecular weight excluding hydrogens is 320 g/mol. The van der Waals surface area contributed by atoms with E-state index >= 15 is 0 Å². The summed E-state index contributed by atoms with van der Waals surface area (Å²) in [6.45, 7) is 2.01. The van der Waals surface area contributed by atoms with E-state index in [9.17, 15) is 9.90 Å². The van der Waals surface area contributed by atoms with E-state index in [1.165, 1.54) is 5.56 Å². The largest absolute Gasteiger partial charge is 0.478 e. The lowest BCUT2D eigenvalue weighted by Gasteiger charge is -2.22. The fourth-order valence-electron chi connectivity index (χ4n) is 2.64. The van der Waals surface area contributed by atoms with Gasteiger partial charge in [0.1, 0.15) is 5.01 Å². The molecule has 3 rings (SSSR count). The molecule has 0 spiro atoms. The van der Waals surface area contributed by atoms with Crippen molar-refractivity contribution in [3.63, 3.8) is 0 Å². The number of hydrogen-bond donors (Lipinski definition) is 1. The minimum Gasteiger partial charge on any atom is -0.478 e. The summed E-state index contributed by atoms with van der Waals surface area (Å²) in [4.78, 5) is 18.0. The Morgan fingerprint density at radius 2 is 1.75 bits per heavy atom. The first kappa shape index (κ1) is 16.4. The van der Waals surface area contributed by atoms with E-state index in [2.05, 4.69) is 22.0 Å². The molecule has 1 heterocycles. The molecule has 0 amide bonds. The van der Waals surface area contributed by atoms with Crippen molar-refractivity contribution >= 4 is 17.3 Å². The Balaban J connectivity index is 1.83. The molecular formula is C19H18N2O2S. The van der Waals surface area contributed by atoms with Crippen LogP contribution in [0.1, 0.15) is 26.5 Å². The summed E-state index contributed by atoms with van der Waals surface area (Å²) >= 11 is 1.61. The van der Waals surface area contributed by atoms with Crippen LogP contribution in [0.2, 0.25) is 0 Å². The summed E-state index contributed by atoms with van der Waals surface area (Å²) in [5, 5.41) is 12.4. The maximum atomic E-state index is 11.4. The maximum absolute atomic E-state index is 11.4. The second-order valence-corrected chi connectivity index (χ2v) is 6.50. The number of aromatic nitrogens is 1. The predicted octanol–water partition coefficient (Wildman–Crippen LogP) is 4.04. The van der Waals surface area contributed by atoms with Crippen molar-refractivity contribution in [3.05, 3.63) is 87.9 Å². The van der Waals surface area contributed by atoms with Crippen LogP contribution in [0.3, 0.4) is 0 Å². The van der Waals surface area contributed by atoms with E-state index in [0.29, 0.717) is 18.7 Å². The van der Waals surface area contributed by atoms with Crippen molar-refractivity contribution < 1.29 is 9.90 Å². The molecule has 122 valence electrons. The standard InChI is InChI=1S/C19H18N2O2S/c22-19(23)17-9-5-4-8-16(17)13-21(14-18-20-10-11-24-18)12-15-6-2-1-3-7-15/h1-11H,12-14H2,(H,22,23). The SMILES string of the molecule is O=C(O)c1ccccc1CN(Cc1ccccc1)Cc1nccs1. The van der Waals surface area contributed by atoms with Crippen LogP contribution in [0.15, 0.2) is 66.2 Å². The topological polar surface area (TPSA) is 53.4 Å². The number of carboxylic acids is 1. The van der Waals surface area contributed by atoms with E-state index in [1.54, 1.807) is 29.7 Å². The molecule has 0 bridgehead atoms. The van der Waals surface area contributed by atoms with Gasteiger partial charge in [-0.25, -0.2) is 9.78 Å². The van der Waals surface area contributed by atoms with Crippen LogP contribution in [0.4, 0.5) is 0 Å². The summed E-state index contributed by atoms with van der Waals surface area (Å²) < 4.78 is 0.